The lowest BCUT2D eigenvalue weighted by Gasteiger charge is -2.35. The van der Waals surface area contributed by atoms with E-state index in [4.69, 9.17) is 0 Å². The topological polar surface area (TPSA) is 20.2 Å². The lowest BCUT2D eigenvalue weighted by Crippen LogP contribution is -2.25. The predicted octanol–water partition coefficient (Wildman–Crippen LogP) is 4.71. The van der Waals surface area contributed by atoms with E-state index in [9.17, 15) is 5.11 Å². The highest BCUT2D eigenvalue weighted by atomic mass is 127. The van der Waals surface area contributed by atoms with Crippen LogP contribution in [0.1, 0.15) is 50.3 Å². The van der Waals surface area contributed by atoms with Gasteiger partial charge in [0, 0.05) is 3.57 Å². The predicted molar refractivity (Wildman–Crippen MR) is 84.5 cm³/mol. The molecular weight excluding hydrogens is 335 g/mol. The average molecular weight is 358 g/mol. The van der Waals surface area contributed by atoms with Gasteiger partial charge in [0.05, 0.1) is 6.10 Å². The molecule has 0 bridgehead atoms. The number of aliphatic hydroxyl groups is 1. The molecule has 100 valence electrons. The van der Waals surface area contributed by atoms with E-state index in [1.165, 1.54) is 15.6 Å². The Balaban J connectivity index is 2.16. The molecule has 0 heterocycles. The first kappa shape index (κ1) is 14.3. The van der Waals surface area contributed by atoms with Crippen LogP contribution in [0.5, 0.6) is 0 Å². The van der Waals surface area contributed by atoms with Crippen LogP contribution < -0.4 is 0 Å². The van der Waals surface area contributed by atoms with E-state index in [1.807, 2.05) is 0 Å². The molecule has 0 aromatic heterocycles. The Morgan fingerprint density at radius 3 is 2.61 bits per heavy atom. The van der Waals surface area contributed by atoms with E-state index >= 15 is 0 Å². The minimum absolute atomic E-state index is 0.285. The standard InChI is InChI=1S/C16H23IO/c1-10-7-8-13(9-12(10)3)16(18)14-6-4-5-11(2)15(14)17/h4-6,10,12-13,16,18H,7-9H2,1-3H3. The molecule has 1 fully saturated rings. The van der Waals surface area contributed by atoms with Crippen molar-refractivity contribution in [2.24, 2.45) is 17.8 Å². The van der Waals surface area contributed by atoms with Crippen LogP contribution in [0.3, 0.4) is 0 Å². The van der Waals surface area contributed by atoms with E-state index in [0.29, 0.717) is 5.92 Å². The number of rotatable bonds is 2. The van der Waals surface area contributed by atoms with Gasteiger partial charge in [-0.2, -0.15) is 0 Å². The highest BCUT2D eigenvalue weighted by Gasteiger charge is 2.30. The van der Waals surface area contributed by atoms with Crippen LogP contribution in [0.2, 0.25) is 0 Å². The lowest BCUT2D eigenvalue weighted by molar-refractivity contribution is 0.0555. The Morgan fingerprint density at radius 2 is 1.94 bits per heavy atom. The van der Waals surface area contributed by atoms with Crippen LogP contribution in [0, 0.1) is 28.2 Å². The Hall–Kier alpha value is -0.0900. The zero-order chi connectivity index (χ0) is 13.3. The van der Waals surface area contributed by atoms with Crippen molar-refractivity contribution in [3.05, 3.63) is 32.9 Å². The molecule has 1 aromatic rings. The first-order chi connectivity index (χ1) is 8.50. The van der Waals surface area contributed by atoms with Gasteiger partial charge in [-0.3, -0.25) is 0 Å². The summed E-state index contributed by atoms with van der Waals surface area (Å²) < 4.78 is 1.23. The first-order valence-corrected chi connectivity index (χ1v) is 8.01. The van der Waals surface area contributed by atoms with Crippen LogP contribution in [-0.2, 0) is 0 Å². The van der Waals surface area contributed by atoms with Gasteiger partial charge in [-0.1, -0.05) is 38.5 Å². The molecule has 0 spiro atoms. The van der Waals surface area contributed by atoms with Crippen molar-refractivity contribution >= 4 is 22.6 Å². The number of benzene rings is 1. The molecule has 1 N–H and O–H groups in total. The maximum absolute atomic E-state index is 10.6. The number of halogens is 1. The van der Waals surface area contributed by atoms with Crippen LogP contribution in [0.4, 0.5) is 0 Å². The van der Waals surface area contributed by atoms with E-state index < -0.39 is 0 Å². The van der Waals surface area contributed by atoms with Gasteiger partial charge in [-0.15, -0.1) is 0 Å². The Kier molecular flexibility index (Phi) is 4.70. The summed E-state index contributed by atoms with van der Waals surface area (Å²) in [5.41, 5.74) is 2.40. The Morgan fingerprint density at radius 1 is 1.22 bits per heavy atom. The van der Waals surface area contributed by atoms with Gasteiger partial charge in [0.1, 0.15) is 0 Å². The Labute approximate surface area is 124 Å². The van der Waals surface area contributed by atoms with Gasteiger partial charge in [-0.25, -0.2) is 0 Å². The van der Waals surface area contributed by atoms with Gasteiger partial charge in [0.25, 0.3) is 0 Å². The molecule has 1 aromatic carbocycles. The third-order valence-electron chi connectivity index (χ3n) is 4.63. The average Bonchev–Trinajstić information content (AvgIpc) is 2.35. The van der Waals surface area contributed by atoms with Crippen LogP contribution >= 0.6 is 22.6 Å². The molecule has 2 heteroatoms. The summed E-state index contributed by atoms with van der Waals surface area (Å²) in [6.45, 7) is 6.78. The summed E-state index contributed by atoms with van der Waals surface area (Å²) in [5, 5.41) is 10.6. The lowest BCUT2D eigenvalue weighted by atomic mass is 9.73. The molecule has 1 aliphatic carbocycles. The van der Waals surface area contributed by atoms with E-state index in [0.717, 1.165) is 30.2 Å². The van der Waals surface area contributed by atoms with E-state index in [-0.39, 0.29) is 6.10 Å². The molecule has 1 nitrogen and oxygen atoms in total. The smallest absolute Gasteiger partial charge is 0.0828 e. The van der Waals surface area contributed by atoms with Crippen molar-refractivity contribution in [2.75, 3.05) is 0 Å². The molecule has 2 rings (SSSR count). The summed E-state index contributed by atoms with van der Waals surface area (Å²) in [5.74, 6) is 1.98. The fourth-order valence-electron chi connectivity index (χ4n) is 3.03. The molecule has 0 aliphatic heterocycles. The van der Waals surface area contributed by atoms with Gasteiger partial charge in [0.2, 0.25) is 0 Å². The summed E-state index contributed by atoms with van der Waals surface area (Å²) in [7, 11) is 0. The number of aliphatic hydroxyl groups excluding tert-OH is 1. The van der Waals surface area contributed by atoms with Crippen molar-refractivity contribution in [3.8, 4) is 0 Å². The second kappa shape index (κ2) is 5.91. The van der Waals surface area contributed by atoms with Crippen molar-refractivity contribution < 1.29 is 5.11 Å². The summed E-state index contributed by atoms with van der Waals surface area (Å²) in [6.07, 6.45) is 3.29. The zero-order valence-corrected chi connectivity index (χ0v) is 13.6. The quantitative estimate of drug-likeness (QED) is 0.760. The van der Waals surface area contributed by atoms with Gasteiger partial charge in [-0.05, 0) is 71.2 Å². The summed E-state index contributed by atoms with van der Waals surface area (Å²) in [4.78, 5) is 0. The van der Waals surface area contributed by atoms with Crippen LogP contribution in [0.15, 0.2) is 18.2 Å². The summed E-state index contributed by atoms with van der Waals surface area (Å²) >= 11 is 2.37. The molecule has 0 radical (unpaired) electrons. The van der Waals surface area contributed by atoms with Crippen molar-refractivity contribution in [1.82, 2.24) is 0 Å². The normalized spacial score (nSPS) is 30.2. The van der Waals surface area contributed by atoms with E-state index in [1.54, 1.807) is 0 Å². The zero-order valence-electron chi connectivity index (χ0n) is 11.5. The minimum atomic E-state index is -0.285. The fourth-order valence-corrected chi connectivity index (χ4v) is 3.71. The van der Waals surface area contributed by atoms with Gasteiger partial charge < -0.3 is 5.11 Å². The molecule has 4 atom stereocenters. The fraction of sp³-hybridized carbons (Fsp3) is 0.625. The molecule has 0 saturated heterocycles. The summed E-state index contributed by atoms with van der Waals surface area (Å²) in [6, 6.07) is 6.26. The SMILES string of the molecule is Cc1cccc(C(O)C2CCC(C)C(C)C2)c1I. The number of aryl methyl sites for hydroxylation is 1. The highest BCUT2D eigenvalue weighted by molar-refractivity contribution is 14.1. The third kappa shape index (κ3) is 2.90. The second-order valence-electron chi connectivity index (χ2n) is 5.95. The van der Waals surface area contributed by atoms with Crippen LogP contribution in [0.25, 0.3) is 0 Å². The maximum Gasteiger partial charge on any atom is 0.0828 e. The maximum atomic E-state index is 10.6. The second-order valence-corrected chi connectivity index (χ2v) is 7.03. The first-order valence-electron chi connectivity index (χ1n) is 6.93. The molecule has 4 unspecified atom stereocenters. The largest absolute Gasteiger partial charge is 0.388 e. The van der Waals surface area contributed by atoms with E-state index in [2.05, 4.69) is 61.6 Å². The number of hydrogen-bond donors (Lipinski definition) is 1. The molecule has 1 saturated carbocycles. The molecule has 0 amide bonds. The minimum Gasteiger partial charge on any atom is -0.388 e. The number of hydrogen-bond acceptors (Lipinski definition) is 1. The monoisotopic (exact) mass is 358 g/mol. The molecular formula is C16H23IO. The highest BCUT2D eigenvalue weighted by Crippen LogP contribution is 2.40. The van der Waals surface area contributed by atoms with Gasteiger partial charge >= 0.3 is 0 Å². The molecule has 1 aliphatic rings. The van der Waals surface area contributed by atoms with Gasteiger partial charge in [0.15, 0.2) is 0 Å². The molecule has 18 heavy (non-hydrogen) atoms. The van der Waals surface area contributed by atoms with Crippen molar-refractivity contribution in [2.45, 2.75) is 46.1 Å². The van der Waals surface area contributed by atoms with Crippen LogP contribution in [-0.4, -0.2) is 5.11 Å². The van der Waals surface area contributed by atoms with Crippen molar-refractivity contribution in [1.29, 1.82) is 0 Å². The van der Waals surface area contributed by atoms with Crippen molar-refractivity contribution in [3.63, 3.8) is 0 Å². The third-order valence-corrected chi connectivity index (χ3v) is 6.10. The Bertz CT molecular complexity index is 416.